The topological polar surface area (TPSA) is 35.8 Å². The second-order valence-corrected chi connectivity index (χ2v) is 4.16. The van der Waals surface area contributed by atoms with Crippen LogP contribution in [0, 0.1) is 28.4 Å². The summed E-state index contributed by atoms with van der Waals surface area (Å²) in [5.41, 5.74) is 0.180. The first-order valence-electron chi connectivity index (χ1n) is 5.16. The van der Waals surface area contributed by atoms with Gasteiger partial charge in [-0.2, -0.15) is 5.26 Å². The van der Waals surface area contributed by atoms with Crippen molar-refractivity contribution < 1.29 is 8.78 Å². The summed E-state index contributed by atoms with van der Waals surface area (Å²) in [6, 6.07) is 5.81. The highest BCUT2D eigenvalue weighted by molar-refractivity contribution is 5.29. The third kappa shape index (κ3) is 1.68. The van der Waals surface area contributed by atoms with Crippen LogP contribution in [0.4, 0.5) is 8.78 Å². The van der Waals surface area contributed by atoms with Crippen molar-refractivity contribution in [3.8, 4) is 6.07 Å². The standard InChI is InChI=1S/C12H12F2N2/c1-16-11(12(7-15)4-5-12)8-2-3-9(13)10(14)6-8/h2-3,6,11,16H,4-5H2,1H3. The van der Waals surface area contributed by atoms with Crippen molar-refractivity contribution in [2.24, 2.45) is 5.41 Å². The fraction of sp³-hybridized carbons (Fsp3) is 0.417. The van der Waals surface area contributed by atoms with Crippen molar-refractivity contribution in [3.05, 3.63) is 35.4 Å². The molecule has 1 aromatic carbocycles. The summed E-state index contributed by atoms with van der Waals surface area (Å²) in [5, 5.41) is 12.1. The van der Waals surface area contributed by atoms with Gasteiger partial charge in [0.15, 0.2) is 11.6 Å². The molecule has 1 aliphatic carbocycles. The molecule has 4 heteroatoms. The van der Waals surface area contributed by atoms with E-state index in [1.54, 1.807) is 7.05 Å². The summed E-state index contributed by atoms with van der Waals surface area (Å²) < 4.78 is 25.9. The van der Waals surface area contributed by atoms with E-state index in [0.29, 0.717) is 5.56 Å². The van der Waals surface area contributed by atoms with Crippen LogP contribution >= 0.6 is 0 Å². The fourth-order valence-corrected chi connectivity index (χ4v) is 2.05. The van der Waals surface area contributed by atoms with Gasteiger partial charge in [0.2, 0.25) is 0 Å². The Morgan fingerprint density at radius 3 is 2.50 bits per heavy atom. The third-order valence-corrected chi connectivity index (χ3v) is 3.13. The highest BCUT2D eigenvalue weighted by Crippen LogP contribution is 2.54. The summed E-state index contributed by atoms with van der Waals surface area (Å²) in [6.07, 6.45) is 1.60. The van der Waals surface area contributed by atoms with Gasteiger partial charge in [-0.15, -0.1) is 0 Å². The van der Waals surface area contributed by atoms with Crippen LogP contribution in [0.1, 0.15) is 24.4 Å². The Labute approximate surface area is 92.9 Å². The molecule has 2 nitrogen and oxygen atoms in total. The average Bonchev–Trinajstić information content (AvgIpc) is 3.05. The lowest BCUT2D eigenvalue weighted by Crippen LogP contribution is -2.25. The van der Waals surface area contributed by atoms with Gasteiger partial charge in [0.05, 0.1) is 17.5 Å². The number of nitriles is 1. The van der Waals surface area contributed by atoms with Gasteiger partial charge in [-0.3, -0.25) is 0 Å². The molecule has 1 N–H and O–H groups in total. The van der Waals surface area contributed by atoms with Crippen molar-refractivity contribution in [3.63, 3.8) is 0 Å². The molecule has 0 aromatic heterocycles. The highest BCUT2D eigenvalue weighted by atomic mass is 19.2. The quantitative estimate of drug-likeness (QED) is 0.853. The SMILES string of the molecule is CNC(c1ccc(F)c(F)c1)C1(C#N)CC1. The zero-order chi connectivity index (χ0) is 11.8. The fourth-order valence-electron chi connectivity index (χ4n) is 2.05. The summed E-state index contributed by atoms with van der Waals surface area (Å²) >= 11 is 0. The van der Waals surface area contributed by atoms with E-state index in [2.05, 4.69) is 11.4 Å². The lowest BCUT2D eigenvalue weighted by atomic mass is 9.91. The second kappa shape index (κ2) is 3.84. The van der Waals surface area contributed by atoms with E-state index in [4.69, 9.17) is 5.26 Å². The van der Waals surface area contributed by atoms with Crippen LogP contribution in [-0.4, -0.2) is 7.05 Å². The van der Waals surface area contributed by atoms with Gasteiger partial charge in [-0.25, -0.2) is 8.78 Å². The molecule has 0 spiro atoms. The van der Waals surface area contributed by atoms with E-state index in [9.17, 15) is 8.78 Å². The monoisotopic (exact) mass is 222 g/mol. The van der Waals surface area contributed by atoms with Crippen molar-refractivity contribution in [2.75, 3.05) is 7.05 Å². The molecular formula is C12H12F2N2. The van der Waals surface area contributed by atoms with E-state index < -0.39 is 17.0 Å². The molecule has 0 radical (unpaired) electrons. The minimum absolute atomic E-state index is 0.229. The first-order valence-corrected chi connectivity index (χ1v) is 5.16. The van der Waals surface area contributed by atoms with Crippen LogP contribution in [0.15, 0.2) is 18.2 Å². The summed E-state index contributed by atoms with van der Waals surface area (Å²) in [6.45, 7) is 0. The molecular weight excluding hydrogens is 210 g/mol. The first kappa shape index (κ1) is 11.0. The van der Waals surface area contributed by atoms with Gasteiger partial charge in [-0.05, 0) is 37.6 Å². The smallest absolute Gasteiger partial charge is 0.159 e. The normalized spacial score (nSPS) is 18.9. The van der Waals surface area contributed by atoms with Gasteiger partial charge in [-0.1, -0.05) is 6.07 Å². The van der Waals surface area contributed by atoms with Crippen LogP contribution in [-0.2, 0) is 0 Å². The maximum atomic E-state index is 13.1. The van der Waals surface area contributed by atoms with Crippen molar-refractivity contribution in [1.29, 1.82) is 5.26 Å². The van der Waals surface area contributed by atoms with Gasteiger partial charge in [0.25, 0.3) is 0 Å². The Bertz CT molecular complexity index is 447. The van der Waals surface area contributed by atoms with Gasteiger partial charge >= 0.3 is 0 Å². The lowest BCUT2D eigenvalue weighted by Gasteiger charge is -2.21. The van der Waals surface area contributed by atoms with Crippen LogP contribution in [0.25, 0.3) is 0 Å². The Morgan fingerprint density at radius 2 is 2.06 bits per heavy atom. The first-order chi connectivity index (χ1) is 7.63. The third-order valence-electron chi connectivity index (χ3n) is 3.13. The number of nitrogens with one attached hydrogen (secondary N) is 1. The Morgan fingerprint density at radius 1 is 1.38 bits per heavy atom. The molecule has 0 amide bonds. The van der Waals surface area contributed by atoms with Crippen molar-refractivity contribution in [2.45, 2.75) is 18.9 Å². The summed E-state index contributed by atoms with van der Waals surface area (Å²) in [7, 11) is 1.73. The van der Waals surface area contributed by atoms with Crippen LogP contribution in [0.5, 0.6) is 0 Å². The zero-order valence-corrected chi connectivity index (χ0v) is 8.93. The molecule has 0 heterocycles. The van der Waals surface area contributed by atoms with E-state index in [1.165, 1.54) is 6.07 Å². The average molecular weight is 222 g/mol. The molecule has 1 unspecified atom stereocenters. The van der Waals surface area contributed by atoms with E-state index in [-0.39, 0.29) is 6.04 Å². The molecule has 0 aliphatic heterocycles. The number of rotatable bonds is 3. The molecule has 1 aliphatic rings. The van der Waals surface area contributed by atoms with Gasteiger partial charge in [0.1, 0.15) is 0 Å². The highest BCUT2D eigenvalue weighted by Gasteiger charge is 2.50. The molecule has 0 saturated heterocycles. The maximum absolute atomic E-state index is 13.1. The molecule has 1 aromatic rings. The van der Waals surface area contributed by atoms with Crippen LogP contribution < -0.4 is 5.32 Å². The molecule has 1 saturated carbocycles. The second-order valence-electron chi connectivity index (χ2n) is 4.16. The van der Waals surface area contributed by atoms with E-state index in [0.717, 1.165) is 25.0 Å². The van der Waals surface area contributed by atoms with Gasteiger partial charge < -0.3 is 5.32 Å². The minimum atomic E-state index is -0.869. The molecule has 16 heavy (non-hydrogen) atoms. The number of halogens is 2. The van der Waals surface area contributed by atoms with Gasteiger partial charge in [0, 0.05) is 0 Å². The summed E-state index contributed by atoms with van der Waals surface area (Å²) in [4.78, 5) is 0. The van der Waals surface area contributed by atoms with E-state index in [1.807, 2.05) is 0 Å². The summed E-state index contributed by atoms with van der Waals surface area (Å²) in [5.74, 6) is -1.73. The molecule has 1 atom stereocenters. The van der Waals surface area contributed by atoms with Crippen molar-refractivity contribution in [1.82, 2.24) is 5.32 Å². The molecule has 0 bridgehead atoms. The molecule has 1 fully saturated rings. The minimum Gasteiger partial charge on any atom is -0.312 e. The molecule has 84 valence electrons. The van der Waals surface area contributed by atoms with Crippen LogP contribution in [0.3, 0.4) is 0 Å². The molecule has 2 rings (SSSR count). The number of nitrogens with zero attached hydrogens (tertiary/aromatic N) is 1. The van der Waals surface area contributed by atoms with Crippen molar-refractivity contribution >= 4 is 0 Å². The Kier molecular flexibility index (Phi) is 2.64. The lowest BCUT2D eigenvalue weighted by molar-refractivity contribution is 0.437. The Balaban J connectivity index is 2.35. The number of hydrogen-bond acceptors (Lipinski definition) is 2. The number of hydrogen-bond donors (Lipinski definition) is 1. The number of benzene rings is 1. The van der Waals surface area contributed by atoms with Crippen LogP contribution in [0.2, 0.25) is 0 Å². The maximum Gasteiger partial charge on any atom is 0.159 e. The van der Waals surface area contributed by atoms with E-state index >= 15 is 0 Å². The largest absolute Gasteiger partial charge is 0.312 e. The zero-order valence-electron chi connectivity index (χ0n) is 8.93. The predicted molar refractivity (Wildman–Crippen MR) is 55.4 cm³/mol. The Hall–Kier alpha value is -1.47. The predicted octanol–water partition coefficient (Wildman–Crippen LogP) is 2.53.